The zero-order chi connectivity index (χ0) is 22.2. The number of halogens is 2. The third-order valence-corrected chi connectivity index (χ3v) is 8.31. The van der Waals surface area contributed by atoms with E-state index in [-0.39, 0.29) is 9.92 Å². The molecule has 6 nitrogen and oxygen atoms in total. The van der Waals surface area contributed by atoms with Crippen molar-refractivity contribution in [2.24, 2.45) is 0 Å². The van der Waals surface area contributed by atoms with Crippen LogP contribution in [0.5, 0.6) is 0 Å². The van der Waals surface area contributed by atoms with Gasteiger partial charge in [-0.25, -0.2) is 13.2 Å². The highest BCUT2D eigenvalue weighted by Crippen LogP contribution is 2.28. The third kappa shape index (κ3) is 4.52. The van der Waals surface area contributed by atoms with Gasteiger partial charge in [-0.3, -0.25) is 4.90 Å². The van der Waals surface area contributed by atoms with Gasteiger partial charge < -0.3 is 4.42 Å². The summed E-state index contributed by atoms with van der Waals surface area (Å²) in [4.78, 5) is 14.3. The van der Waals surface area contributed by atoms with Crippen LogP contribution >= 0.6 is 23.2 Å². The molecular formula is C22H22Cl2N2O4S. The first kappa shape index (κ1) is 22.3. The second-order valence-electron chi connectivity index (χ2n) is 7.49. The molecule has 9 heteroatoms. The molecule has 2 aromatic carbocycles. The Morgan fingerprint density at radius 2 is 1.68 bits per heavy atom. The van der Waals surface area contributed by atoms with Crippen LogP contribution in [-0.2, 0) is 23.0 Å². The summed E-state index contributed by atoms with van der Waals surface area (Å²) in [5.41, 5.74) is 1.85. The van der Waals surface area contributed by atoms with Crippen LogP contribution in [0.1, 0.15) is 18.1 Å². The van der Waals surface area contributed by atoms with Gasteiger partial charge in [0.2, 0.25) is 10.0 Å². The second kappa shape index (κ2) is 8.92. The number of hydrogen-bond donors (Lipinski definition) is 0. The number of hydrogen-bond acceptors (Lipinski definition) is 5. The average Bonchev–Trinajstić information content (AvgIpc) is 2.74. The molecule has 3 aromatic rings. The van der Waals surface area contributed by atoms with Gasteiger partial charge in [0.05, 0.1) is 5.02 Å². The molecule has 1 aliphatic heterocycles. The Morgan fingerprint density at radius 1 is 0.968 bits per heavy atom. The molecule has 0 spiro atoms. The minimum Gasteiger partial charge on any atom is -0.423 e. The van der Waals surface area contributed by atoms with Crippen molar-refractivity contribution in [3.63, 3.8) is 0 Å². The van der Waals surface area contributed by atoms with Gasteiger partial charge in [0.25, 0.3) is 0 Å². The van der Waals surface area contributed by atoms with Gasteiger partial charge in [-0.1, -0.05) is 42.3 Å². The van der Waals surface area contributed by atoms with Gasteiger partial charge in [0.15, 0.2) is 0 Å². The van der Waals surface area contributed by atoms with E-state index in [1.165, 1.54) is 16.4 Å². The maximum Gasteiger partial charge on any atom is 0.336 e. The topological polar surface area (TPSA) is 70.8 Å². The number of rotatable bonds is 5. The van der Waals surface area contributed by atoms with Crippen molar-refractivity contribution in [1.82, 2.24) is 9.21 Å². The summed E-state index contributed by atoms with van der Waals surface area (Å²) in [6, 6.07) is 11.6. The first-order valence-corrected chi connectivity index (χ1v) is 12.2. The van der Waals surface area contributed by atoms with Crippen LogP contribution in [0.4, 0.5) is 0 Å². The zero-order valence-corrected chi connectivity index (χ0v) is 19.3. The summed E-state index contributed by atoms with van der Waals surface area (Å²) in [5.74, 6) is 0. The Balaban J connectivity index is 1.53. The summed E-state index contributed by atoms with van der Waals surface area (Å²) in [7, 11) is -3.65. The van der Waals surface area contributed by atoms with E-state index in [9.17, 15) is 13.2 Å². The molecule has 4 rings (SSSR count). The fourth-order valence-corrected chi connectivity index (χ4v) is 6.07. The van der Waals surface area contributed by atoms with Crippen molar-refractivity contribution in [2.75, 3.05) is 26.2 Å². The largest absolute Gasteiger partial charge is 0.423 e. The Hall–Kier alpha value is -1.90. The van der Waals surface area contributed by atoms with Crippen LogP contribution in [0.3, 0.4) is 0 Å². The van der Waals surface area contributed by atoms with E-state index in [4.69, 9.17) is 27.6 Å². The summed E-state index contributed by atoms with van der Waals surface area (Å²) in [6.45, 7) is 4.24. The van der Waals surface area contributed by atoms with E-state index < -0.39 is 15.6 Å². The highest BCUT2D eigenvalue weighted by atomic mass is 35.5. The molecule has 31 heavy (non-hydrogen) atoms. The fourth-order valence-electron chi connectivity index (χ4n) is 3.85. The Labute approximate surface area is 191 Å². The second-order valence-corrected chi connectivity index (χ2v) is 10.2. The summed E-state index contributed by atoms with van der Waals surface area (Å²) >= 11 is 12.5. The highest BCUT2D eigenvalue weighted by molar-refractivity contribution is 7.89. The number of aryl methyl sites for hydroxylation is 1. The molecule has 1 aromatic heterocycles. The van der Waals surface area contributed by atoms with E-state index in [2.05, 4.69) is 4.90 Å². The maximum absolute atomic E-state index is 12.9. The first-order valence-electron chi connectivity index (χ1n) is 10.0. The van der Waals surface area contributed by atoms with Crippen LogP contribution in [-0.4, -0.2) is 43.8 Å². The van der Waals surface area contributed by atoms with Crippen LogP contribution < -0.4 is 5.63 Å². The average molecular weight is 481 g/mol. The summed E-state index contributed by atoms with van der Waals surface area (Å²) in [6.07, 6.45) is 0.741. The van der Waals surface area contributed by atoms with E-state index in [0.717, 1.165) is 22.9 Å². The molecule has 0 radical (unpaired) electrons. The lowest BCUT2D eigenvalue weighted by molar-refractivity contribution is 0.182. The van der Waals surface area contributed by atoms with Crippen molar-refractivity contribution in [3.05, 3.63) is 74.1 Å². The zero-order valence-electron chi connectivity index (χ0n) is 17.0. The molecule has 0 N–H and O–H groups in total. The van der Waals surface area contributed by atoms with Gasteiger partial charge in [0.1, 0.15) is 10.5 Å². The molecule has 1 fully saturated rings. The number of fused-ring (bicyclic) bond motifs is 1. The normalized spacial score (nSPS) is 16.1. The quantitative estimate of drug-likeness (QED) is 0.512. The lowest BCUT2D eigenvalue weighted by Crippen LogP contribution is -2.48. The molecule has 0 bridgehead atoms. The van der Waals surface area contributed by atoms with Crippen molar-refractivity contribution >= 4 is 44.2 Å². The SMILES string of the molecule is CCc1cc2oc(=O)cc(CN3CCN(S(=O)(=O)c4ccccc4Cl)CC3)c2cc1Cl. The molecule has 0 saturated carbocycles. The van der Waals surface area contributed by atoms with E-state index in [1.807, 2.05) is 19.1 Å². The van der Waals surface area contributed by atoms with E-state index >= 15 is 0 Å². The molecule has 0 aliphatic carbocycles. The predicted molar refractivity (Wildman–Crippen MR) is 122 cm³/mol. The lowest BCUT2D eigenvalue weighted by Gasteiger charge is -2.34. The highest BCUT2D eigenvalue weighted by Gasteiger charge is 2.30. The monoisotopic (exact) mass is 480 g/mol. The minimum absolute atomic E-state index is 0.123. The van der Waals surface area contributed by atoms with Crippen molar-refractivity contribution in [2.45, 2.75) is 24.8 Å². The molecule has 1 aliphatic rings. The van der Waals surface area contributed by atoms with E-state index in [0.29, 0.717) is 43.3 Å². The number of piperazine rings is 1. The standard InChI is InChI=1S/C22H22Cl2N2O4S/c1-2-15-11-20-17(13-19(15)24)16(12-22(27)30-20)14-25-7-9-26(10-8-25)31(28,29)21-6-4-3-5-18(21)23/h3-6,11-13H,2,7-10,14H2,1H3. The molecule has 2 heterocycles. The van der Waals surface area contributed by atoms with E-state index in [1.54, 1.807) is 18.2 Å². The Bertz CT molecular complexity index is 1280. The number of nitrogens with zero attached hydrogens (tertiary/aromatic N) is 2. The van der Waals surface area contributed by atoms with Gasteiger partial charge in [0, 0.05) is 49.2 Å². The van der Waals surface area contributed by atoms with Crippen molar-refractivity contribution in [1.29, 1.82) is 0 Å². The predicted octanol–water partition coefficient (Wildman–Crippen LogP) is 4.17. The maximum atomic E-state index is 12.9. The molecule has 0 amide bonds. The van der Waals surface area contributed by atoms with Gasteiger partial charge in [-0.15, -0.1) is 0 Å². The van der Waals surface area contributed by atoms with Crippen LogP contribution in [0.25, 0.3) is 11.0 Å². The molecule has 164 valence electrons. The fraction of sp³-hybridized carbons (Fsp3) is 0.318. The molecule has 0 atom stereocenters. The Morgan fingerprint density at radius 3 is 2.35 bits per heavy atom. The molecule has 0 unspecified atom stereocenters. The van der Waals surface area contributed by atoms with Gasteiger partial charge in [-0.05, 0) is 41.8 Å². The van der Waals surface area contributed by atoms with Crippen LogP contribution in [0.2, 0.25) is 10.0 Å². The van der Waals surface area contributed by atoms with Crippen molar-refractivity contribution in [3.8, 4) is 0 Å². The minimum atomic E-state index is -3.65. The molecule has 1 saturated heterocycles. The van der Waals surface area contributed by atoms with Crippen molar-refractivity contribution < 1.29 is 12.8 Å². The smallest absolute Gasteiger partial charge is 0.336 e. The van der Waals surface area contributed by atoms with Crippen LogP contribution in [0, 0.1) is 0 Å². The molecular weight excluding hydrogens is 459 g/mol. The third-order valence-electron chi connectivity index (χ3n) is 5.56. The number of sulfonamides is 1. The summed E-state index contributed by atoms with van der Waals surface area (Å²) in [5, 5.41) is 1.66. The first-order chi connectivity index (χ1) is 14.8. The summed E-state index contributed by atoms with van der Waals surface area (Å²) < 4.78 is 32.7. The Kier molecular flexibility index (Phi) is 6.42. The lowest BCUT2D eigenvalue weighted by atomic mass is 10.1. The van der Waals surface area contributed by atoms with Gasteiger partial charge in [-0.2, -0.15) is 4.31 Å². The van der Waals surface area contributed by atoms with Gasteiger partial charge >= 0.3 is 5.63 Å². The number of benzene rings is 2. The van der Waals surface area contributed by atoms with Crippen LogP contribution in [0.15, 0.2) is 56.6 Å².